The molecule has 0 aliphatic carbocycles. The number of guanidine groups is 1. The fourth-order valence-corrected chi connectivity index (χ4v) is 2.75. The maximum Gasteiger partial charge on any atom is 0.193 e. The van der Waals surface area contributed by atoms with Gasteiger partial charge in [0.25, 0.3) is 0 Å². The van der Waals surface area contributed by atoms with E-state index < -0.39 is 0 Å². The number of likely N-dealkylation sites (tertiary alicyclic amines) is 1. The zero-order valence-corrected chi connectivity index (χ0v) is 13.0. The van der Waals surface area contributed by atoms with Crippen LogP contribution < -0.4 is 11.1 Å². The number of benzene rings is 1. The second kappa shape index (κ2) is 8.00. The van der Waals surface area contributed by atoms with Crippen LogP contribution in [0.15, 0.2) is 29.3 Å². The number of hydrogen-bond donors (Lipinski definition) is 2. The van der Waals surface area contributed by atoms with Gasteiger partial charge in [-0.15, -0.1) is 0 Å². The maximum atomic E-state index is 6.01. The largest absolute Gasteiger partial charge is 0.380 e. The molecule has 1 aromatic rings. The fourth-order valence-electron chi connectivity index (χ4n) is 2.75. The lowest BCUT2D eigenvalue weighted by Gasteiger charge is -2.28. The molecule has 1 aromatic carbocycles. The van der Waals surface area contributed by atoms with Gasteiger partial charge in [-0.05, 0) is 38.4 Å². The molecule has 0 bridgehead atoms. The van der Waals surface area contributed by atoms with Crippen molar-refractivity contribution in [2.75, 3.05) is 39.1 Å². The molecule has 1 heterocycles. The molecule has 21 heavy (non-hydrogen) atoms. The Morgan fingerprint density at radius 1 is 1.48 bits per heavy atom. The Labute approximate surface area is 127 Å². The summed E-state index contributed by atoms with van der Waals surface area (Å²) >= 11 is 0. The Morgan fingerprint density at radius 3 is 3.05 bits per heavy atom. The van der Waals surface area contributed by atoms with Crippen LogP contribution in [0.3, 0.4) is 0 Å². The van der Waals surface area contributed by atoms with Crippen molar-refractivity contribution in [2.24, 2.45) is 16.6 Å². The van der Waals surface area contributed by atoms with Crippen molar-refractivity contribution < 1.29 is 4.74 Å². The van der Waals surface area contributed by atoms with Crippen LogP contribution in [0.1, 0.15) is 18.4 Å². The summed E-state index contributed by atoms with van der Waals surface area (Å²) in [4.78, 5) is 6.86. The van der Waals surface area contributed by atoms with E-state index in [2.05, 4.69) is 22.3 Å². The highest BCUT2D eigenvalue weighted by Gasteiger charge is 2.16. The van der Waals surface area contributed by atoms with Crippen molar-refractivity contribution in [2.45, 2.75) is 19.4 Å². The Kier molecular flexibility index (Phi) is 6.02. The Balaban J connectivity index is 1.91. The molecule has 1 atom stereocenters. The molecule has 0 amide bonds. The van der Waals surface area contributed by atoms with Gasteiger partial charge in [0.15, 0.2) is 5.96 Å². The van der Waals surface area contributed by atoms with Crippen LogP contribution in [0, 0.1) is 5.92 Å². The highest BCUT2D eigenvalue weighted by atomic mass is 16.5. The molecule has 1 saturated heterocycles. The number of nitrogens with zero attached hydrogens (tertiary/aromatic N) is 2. The first-order chi connectivity index (χ1) is 10.2. The highest BCUT2D eigenvalue weighted by Crippen LogP contribution is 2.17. The summed E-state index contributed by atoms with van der Waals surface area (Å²) < 4.78 is 5.19. The van der Waals surface area contributed by atoms with E-state index in [-0.39, 0.29) is 0 Å². The number of para-hydroxylation sites is 1. The molecule has 0 saturated carbocycles. The number of nitrogens with two attached hydrogens (primary N) is 1. The van der Waals surface area contributed by atoms with Gasteiger partial charge < -0.3 is 20.7 Å². The smallest absolute Gasteiger partial charge is 0.193 e. The number of piperidine rings is 1. The van der Waals surface area contributed by atoms with Crippen molar-refractivity contribution in [3.05, 3.63) is 29.8 Å². The third-order valence-corrected chi connectivity index (χ3v) is 3.82. The number of methoxy groups -OCH3 is 1. The summed E-state index contributed by atoms with van der Waals surface area (Å²) in [6.45, 7) is 3.65. The number of nitrogens with one attached hydrogen (secondary N) is 1. The predicted molar refractivity (Wildman–Crippen MR) is 87.5 cm³/mol. The van der Waals surface area contributed by atoms with Crippen molar-refractivity contribution >= 4 is 11.6 Å². The van der Waals surface area contributed by atoms with Crippen LogP contribution in [0.5, 0.6) is 0 Å². The maximum absolute atomic E-state index is 6.01. The molecule has 1 fully saturated rings. The van der Waals surface area contributed by atoms with Gasteiger partial charge in [0, 0.05) is 31.5 Å². The normalized spacial score (nSPS) is 20.5. The highest BCUT2D eigenvalue weighted by molar-refractivity contribution is 5.92. The molecular weight excluding hydrogens is 264 g/mol. The van der Waals surface area contributed by atoms with Gasteiger partial charge in [0.2, 0.25) is 0 Å². The summed E-state index contributed by atoms with van der Waals surface area (Å²) in [5.74, 6) is 1.09. The molecule has 1 aliphatic rings. The number of aliphatic imine (C=N–C) groups is 1. The zero-order chi connectivity index (χ0) is 15.1. The average Bonchev–Trinajstić information content (AvgIpc) is 2.48. The minimum atomic E-state index is 0.478. The lowest BCUT2D eigenvalue weighted by molar-refractivity contribution is 0.185. The van der Waals surface area contributed by atoms with Gasteiger partial charge >= 0.3 is 0 Å². The van der Waals surface area contributed by atoms with E-state index in [0.29, 0.717) is 18.5 Å². The summed E-state index contributed by atoms with van der Waals surface area (Å²) in [5, 5.41) is 3.18. The average molecular weight is 290 g/mol. The molecular formula is C16H26N4O. The summed E-state index contributed by atoms with van der Waals surface area (Å²) in [5.41, 5.74) is 8.05. The van der Waals surface area contributed by atoms with E-state index in [9.17, 15) is 0 Å². The van der Waals surface area contributed by atoms with E-state index in [1.54, 1.807) is 7.11 Å². The van der Waals surface area contributed by atoms with E-state index in [1.807, 2.05) is 24.3 Å². The van der Waals surface area contributed by atoms with Gasteiger partial charge in [-0.1, -0.05) is 18.2 Å². The lowest BCUT2D eigenvalue weighted by atomic mass is 9.99. The standard InChI is InChI=1S/C16H26N4O/c1-20-9-5-6-13(11-20)10-18-16(17)19-15-8-4-3-7-14(15)12-21-2/h3-4,7-8,13H,5-6,9-12H2,1-2H3,(H3,17,18,19). The molecule has 1 unspecified atom stereocenters. The van der Waals surface area contributed by atoms with Crippen LogP contribution in [0.4, 0.5) is 5.69 Å². The first kappa shape index (κ1) is 15.8. The van der Waals surface area contributed by atoms with Crippen LogP contribution in [0.2, 0.25) is 0 Å². The topological polar surface area (TPSA) is 62.9 Å². The SMILES string of the molecule is COCc1ccccc1NC(N)=NCC1CCCN(C)C1. The van der Waals surface area contributed by atoms with Gasteiger partial charge in [-0.2, -0.15) is 0 Å². The van der Waals surface area contributed by atoms with Crippen LogP contribution >= 0.6 is 0 Å². The Hall–Kier alpha value is -1.59. The number of ether oxygens (including phenoxy) is 1. The molecule has 3 N–H and O–H groups in total. The van der Waals surface area contributed by atoms with E-state index >= 15 is 0 Å². The minimum absolute atomic E-state index is 0.478. The monoisotopic (exact) mass is 290 g/mol. The van der Waals surface area contributed by atoms with E-state index in [1.165, 1.54) is 19.4 Å². The summed E-state index contributed by atoms with van der Waals surface area (Å²) in [6.07, 6.45) is 2.49. The fraction of sp³-hybridized carbons (Fsp3) is 0.562. The van der Waals surface area contributed by atoms with Crippen LogP contribution in [0.25, 0.3) is 0 Å². The lowest BCUT2D eigenvalue weighted by Crippen LogP contribution is -2.34. The number of rotatable bonds is 5. The Morgan fingerprint density at radius 2 is 2.29 bits per heavy atom. The Bertz CT molecular complexity index is 475. The zero-order valence-electron chi connectivity index (χ0n) is 13.0. The van der Waals surface area contributed by atoms with E-state index in [0.717, 1.165) is 24.3 Å². The van der Waals surface area contributed by atoms with Crippen molar-refractivity contribution in [3.63, 3.8) is 0 Å². The van der Waals surface area contributed by atoms with Gasteiger partial charge in [-0.25, -0.2) is 0 Å². The van der Waals surface area contributed by atoms with Crippen molar-refractivity contribution in [1.82, 2.24) is 4.90 Å². The second-order valence-corrected chi connectivity index (χ2v) is 5.71. The number of hydrogen-bond acceptors (Lipinski definition) is 3. The molecule has 5 nitrogen and oxygen atoms in total. The molecule has 0 spiro atoms. The van der Waals surface area contributed by atoms with Gasteiger partial charge in [-0.3, -0.25) is 4.99 Å². The summed E-state index contributed by atoms with van der Waals surface area (Å²) in [7, 11) is 3.85. The first-order valence-electron chi connectivity index (χ1n) is 7.51. The minimum Gasteiger partial charge on any atom is -0.380 e. The van der Waals surface area contributed by atoms with Crippen LogP contribution in [-0.4, -0.2) is 44.7 Å². The number of anilines is 1. The van der Waals surface area contributed by atoms with Gasteiger partial charge in [0.05, 0.1) is 6.61 Å². The predicted octanol–water partition coefficient (Wildman–Crippen LogP) is 1.90. The first-order valence-corrected chi connectivity index (χ1v) is 7.51. The molecule has 0 aromatic heterocycles. The summed E-state index contributed by atoms with van der Waals surface area (Å²) in [6, 6.07) is 7.98. The quantitative estimate of drug-likeness (QED) is 0.642. The molecule has 5 heteroatoms. The third kappa shape index (κ3) is 5.02. The van der Waals surface area contributed by atoms with Crippen LogP contribution in [-0.2, 0) is 11.3 Å². The molecule has 0 radical (unpaired) electrons. The molecule has 2 rings (SSSR count). The third-order valence-electron chi connectivity index (χ3n) is 3.82. The second-order valence-electron chi connectivity index (χ2n) is 5.71. The molecule has 116 valence electrons. The van der Waals surface area contributed by atoms with Crippen molar-refractivity contribution in [1.29, 1.82) is 0 Å². The molecule has 1 aliphatic heterocycles. The van der Waals surface area contributed by atoms with Gasteiger partial charge in [0.1, 0.15) is 0 Å². The van der Waals surface area contributed by atoms with Crippen molar-refractivity contribution in [3.8, 4) is 0 Å². The van der Waals surface area contributed by atoms with E-state index in [4.69, 9.17) is 10.5 Å².